The standard InChI is InChI=1S/C27H49N5O7.3C13H24O3/c1-5-25(34)28-11-6-14-36-18-20-39-21-19-37-15-7-12-29-26(35)9-8-23-22-32(31-30-23)13-17-38-16-10-24(33)27(2,3)4;3*1-5-11(14)7-6-9-16-10-8-12(15)13(2,3)4/h22H,5-21H2,1-4H3,(H,28,34)(H,29,35);3*5-10H2,1-4H3. The van der Waals surface area contributed by atoms with Gasteiger partial charge in [-0.05, 0) is 32.1 Å². The molecule has 0 aromatic carbocycles. The summed E-state index contributed by atoms with van der Waals surface area (Å²) in [5, 5.41) is 13.8. The molecule has 1 heterocycles. The van der Waals surface area contributed by atoms with E-state index in [-0.39, 0.29) is 74.0 Å². The minimum Gasteiger partial charge on any atom is -0.381 e. The van der Waals surface area contributed by atoms with E-state index in [1.54, 1.807) is 4.68 Å². The number of Topliss-reactive ketones (excluding diaryl/α,β-unsaturated/α-hetero) is 7. The maximum Gasteiger partial charge on any atom is 0.220 e. The van der Waals surface area contributed by atoms with E-state index in [1.165, 1.54) is 0 Å². The summed E-state index contributed by atoms with van der Waals surface area (Å²) in [6.45, 7) is 39.2. The van der Waals surface area contributed by atoms with Gasteiger partial charge in [-0.15, -0.1) is 5.10 Å². The molecule has 0 saturated heterocycles. The van der Waals surface area contributed by atoms with Crippen molar-refractivity contribution in [3.05, 3.63) is 11.9 Å². The van der Waals surface area contributed by atoms with Crippen LogP contribution in [-0.2, 0) is 89.3 Å². The molecule has 0 fully saturated rings. The van der Waals surface area contributed by atoms with Gasteiger partial charge in [-0.25, -0.2) is 4.68 Å². The molecule has 506 valence electrons. The van der Waals surface area contributed by atoms with E-state index in [9.17, 15) is 43.2 Å². The lowest BCUT2D eigenvalue weighted by molar-refractivity contribution is -0.128. The largest absolute Gasteiger partial charge is 0.381 e. The van der Waals surface area contributed by atoms with Gasteiger partial charge in [-0.2, -0.15) is 0 Å². The van der Waals surface area contributed by atoms with Gasteiger partial charge in [0.1, 0.15) is 40.5 Å². The van der Waals surface area contributed by atoms with Gasteiger partial charge in [-0.1, -0.05) is 116 Å². The predicted octanol–water partition coefficient (Wildman–Crippen LogP) is 10.0. The summed E-state index contributed by atoms with van der Waals surface area (Å²) >= 11 is 0. The first-order chi connectivity index (χ1) is 40.8. The smallest absolute Gasteiger partial charge is 0.220 e. The van der Waals surface area contributed by atoms with Crippen LogP contribution < -0.4 is 10.6 Å². The first kappa shape index (κ1) is 86.7. The van der Waals surface area contributed by atoms with Crippen LogP contribution in [0.1, 0.15) is 226 Å². The second kappa shape index (κ2) is 53.3. The Bertz CT molecular complexity index is 1890. The predicted molar refractivity (Wildman–Crippen MR) is 340 cm³/mol. The van der Waals surface area contributed by atoms with Gasteiger partial charge in [0, 0.05) is 157 Å². The van der Waals surface area contributed by atoms with E-state index in [0.717, 1.165) is 37.8 Å². The fourth-order valence-electron chi connectivity index (χ4n) is 6.73. The topological polar surface area (TPSA) is 273 Å². The number of amides is 2. The third-order valence-corrected chi connectivity index (χ3v) is 13.0. The summed E-state index contributed by atoms with van der Waals surface area (Å²) in [4.78, 5) is 102. The highest BCUT2D eigenvalue weighted by Gasteiger charge is 2.23. The fraction of sp³-hybridized carbons (Fsp3) is 0.833. The highest BCUT2D eigenvalue weighted by atomic mass is 16.5. The second-order valence-corrected chi connectivity index (χ2v) is 25.2. The molecule has 1 aromatic heterocycles. The summed E-state index contributed by atoms with van der Waals surface area (Å²) in [5.74, 6) is 1.68. The molecule has 21 nitrogen and oxygen atoms in total. The molecule has 0 bridgehead atoms. The number of ether oxygens (including phenoxy) is 7. The molecule has 0 aliphatic carbocycles. The third-order valence-electron chi connectivity index (χ3n) is 13.0. The Morgan fingerprint density at radius 3 is 0.989 bits per heavy atom. The Balaban J connectivity index is -0.00000121. The Morgan fingerprint density at radius 1 is 0.368 bits per heavy atom. The van der Waals surface area contributed by atoms with Crippen molar-refractivity contribution in [2.24, 2.45) is 21.7 Å². The Kier molecular flexibility index (Phi) is 53.1. The number of hydrogen-bond donors (Lipinski definition) is 2. The van der Waals surface area contributed by atoms with E-state index in [0.29, 0.717) is 196 Å². The van der Waals surface area contributed by atoms with Crippen molar-refractivity contribution in [2.75, 3.05) is 106 Å². The molecule has 0 spiro atoms. The summed E-state index contributed by atoms with van der Waals surface area (Å²) in [5.41, 5.74) is -0.416. The summed E-state index contributed by atoms with van der Waals surface area (Å²) < 4.78 is 39.6. The number of hydrogen-bond acceptors (Lipinski definition) is 18. The molecule has 0 radical (unpaired) electrons. The molecule has 0 aliphatic heterocycles. The van der Waals surface area contributed by atoms with Gasteiger partial charge in [0.15, 0.2) is 0 Å². The normalized spacial score (nSPS) is 11.5. The van der Waals surface area contributed by atoms with E-state index in [2.05, 4.69) is 20.9 Å². The highest BCUT2D eigenvalue weighted by molar-refractivity contribution is 5.85. The van der Waals surface area contributed by atoms with Gasteiger partial charge in [-0.3, -0.25) is 43.2 Å². The number of carbonyl (C=O) groups excluding carboxylic acids is 9. The fourth-order valence-corrected chi connectivity index (χ4v) is 6.73. The summed E-state index contributed by atoms with van der Waals surface area (Å²) in [6, 6.07) is 0. The van der Waals surface area contributed by atoms with Gasteiger partial charge in [0.25, 0.3) is 0 Å². The molecular formula is C66H121N5O16. The molecule has 21 heteroatoms. The van der Waals surface area contributed by atoms with E-state index in [1.807, 2.05) is 117 Å². The van der Waals surface area contributed by atoms with Crippen molar-refractivity contribution < 1.29 is 76.3 Å². The lowest BCUT2D eigenvalue weighted by Crippen LogP contribution is -2.25. The van der Waals surface area contributed by atoms with Crippen LogP contribution in [0.4, 0.5) is 0 Å². The average Bonchev–Trinajstić information content (AvgIpc) is 4.23. The maximum absolute atomic E-state index is 12.1. The van der Waals surface area contributed by atoms with Crippen molar-refractivity contribution in [3.8, 4) is 0 Å². The van der Waals surface area contributed by atoms with Crippen LogP contribution in [0.5, 0.6) is 0 Å². The molecule has 0 aliphatic rings. The van der Waals surface area contributed by atoms with Crippen molar-refractivity contribution >= 4 is 52.3 Å². The number of aryl methyl sites for hydroxylation is 1. The molecule has 0 atom stereocenters. The monoisotopic (exact) mass is 1240 g/mol. The van der Waals surface area contributed by atoms with Crippen LogP contribution in [0, 0.1) is 21.7 Å². The number of carbonyl (C=O) groups is 9. The molecular weight excluding hydrogens is 1120 g/mol. The lowest BCUT2D eigenvalue weighted by atomic mass is 9.89. The number of nitrogens with zero attached hydrogens (tertiary/aromatic N) is 3. The van der Waals surface area contributed by atoms with E-state index in [4.69, 9.17) is 33.2 Å². The van der Waals surface area contributed by atoms with Gasteiger partial charge >= 0.3 is 0 Å². The first-order valence-corrected chi connectivity index (χ1v) is 32.0. The van der Waals surface area contributed by atoms with Crippen LogP contribution in [-0.4, -0.2) is 173 Å². The van der Waals surface area contributed by atoms with Crippen LogP contribution in [0.15, 0.2) is 6.20 Å². The van der Waals surface area contributed by atoms with Crippen LogP contribution in [0.25, 0.3) is 0 Å². The maximum atomic E-state index is 12.1. The zero-order valence-electron chi connectivity index (χ0n) is 57.2. The van der Waals surface area contributed by atoms with Gasteiger partial charge in [0.05, 0.1) is 71.7 Å². The zero-order valence-corrected chi connectivity index (χ0v) is 57.2. The van der Waals surface area contributed by atoms with Crippen molar-refractivity contribution in [1.29, 1.82) is 0 Å². The number of ketones is 7. The quantitative estimate of drug-likeness (QED) is 0.0574. The zero-order chi connectivity index (χ0) is 66.6. The molecule has 1 aromatic rings. The molecule has 0 saturated carbocycles. The molecule has 87 heavy (non-hydrogen) atoms. The number of nitrogens with one attached hydrogen (secondary N) is 2. The summed E-state index contributed by atoms with van der Waals surface area (Å²) in [6.07, 6.45) is 12.3. The van der Waals surface area contributed by atoms with Crippen molar-refractivity contribution in [1.82, 2.24) is 25.6 Å². The van der Waals surface area contributed by atoms with Crippen LogP contribution >= 0.6 is 0 Å². The van der Waals surface area contributed by atoms with Gasteiger partial charge in [0.2, 0.25) is 11.8 Å². The molecule has 0 unspecified atom stereocenters. The highest BCUT2D eigenvalue weighted by Crippen LogP contribution is 2.19. The van der Waals surface area contributed by atoms with E-state index < -0.39 is 0 Å². The minimum atomic E-state index is -0.339. The number of aromatic nitrogens is 3. The second-order valence-electron chi connectivity index (χ2n) is 25.2. The number of rotatable bonds is 48. The molecule has 2 amide bonds. The van der Waals surface area contributed by atoms with Crippen LogP contribution in [0.2, 0.25) is 0 Å². The van der Waals surface area contributed by atoms with Crippen molar-refractivity contribution in [3.63, 3.8) is 0 Å². The van der Waals surface area contributed by atoms with E-state index >= 15 is 0 Å². The lowest BCUT2D eigenvalue weighted by Gasteiger charge is -2.16. The average molecular weight is 1240 g/mol. The minimum absolute atomic E-state index is 0.0347. The first-order valence-electron chi connectivity index (χ1n) is 32.0. The molecule has 1 rings (SSSR count). The van der Waals surface area contributed by atoms with Crippen LogP contribution in [0.3, 0.4) is 0 Å². The van der Waals surface area contributed by atoms with Crippen molar-refractivity contribution in [2.45, 2.75) is 233 Å². The Hall–Kier alpha value is -4.51. The summed E-state index contributed by atoms with van der Waals surface area (Å²) in [7, 11) is 0. The Labute approximate surface area is 524 Å². The Morgan fingerprint density at radius 2 is 0.667 bits per heavy atom. The third kappa shape index (κ3) is 57.7. The SMILES string of the molecule is CCC(=O)CCCOCCC(=O)C(C)(C)C.CCC(=O)CCCOCCC(=O)C(C)(C)C.CCC(=O)CCCOCCC(=O)C(C)(C)C.CCC(=O)NCCCOCCOCCOCCCNC(=O)CCc1cn(CCOCCC(=O)C(C)(C)C)nn1. The van der Waals surface area contributed by atoms with Gasteiger partial charge < -0.3 is 43.8 Å². The molecule has 2 N–H and O–H groups in total.